The number of nitrogens with zero attached hydrogens (tertiary/aromatic N) is 1. The molecular weight excluding hydrogens is 318 g/mol. The standard InChI is InChI=1S/C20H27NO4/c1-19(2,11-14-7-4-5-9-16(14)25-3)17(22)21-12-15-8-6-10-20(15,13-21)18(23)24/h4-5,7,9,15H,6,8,10-13H2,1-3H3,(H,23,24)/t15-,20+/m0/s1. The number of aliphatic carboxylic acids is 1. The number of rotatable bonds is 5. The van der Waals surface area contributed by atoms with Gasteiger partial charge >= 0.3 is 5.97 Å². The number of methoxy groups -OCH3 is 1. The molecule has 3 rings (SSSR count). The summed E-state index contributed by atoms with van der Waals surface area (Å²) in [6.45, 7) is 4.79. The first-order valence-electron chi connectivity index (χ1n) is 8.95. The quantitative estimate of drug-likeness (QED) is 0.891. The number of carbonyl (C=O) groups is 2. The molecule has 0 unspecified atom stereocenters. The van der Waals surface area contributed by atoms with E-state index in [0.29, 0.717) is 25.9 Å². The summed E-state index contributed by atoms with van der Waals surface area (Å²) in [4.78, 5) is 26.8. The number of fused-ring (bicyclic) bond motifs is 1. The summed E-state index contributed by atoms with van der Waals surface area (Å²) < 4.78 is 5.40. The maximum atomic E-state index is 13.2. The molecule has 0 radical (unpaired) electrons. The first-order valence-corrected chi connectivity index (χ1v) is 8.95. The Kier molecular flexibility index (Phi) is 4.52. The van der Waals surface area contributed by atoms with Crippen molar-refractivity contribution in [1.82, 2.24) is 4.90 Å². The summed E-state index contributed by atoms with van der Waals surface area (Å²) >= 11 is 0. The molecule has 1 aromatic rings. The number of carboxylic acids is 1. The molecule has 1 saturated heterocycles. The van der Waals surface area contributed by atoms with Crippen LogP contribution in [-0.2, 0) is 16.0 Å². The van der Waals surface area contributed by atoms with Crippen molar-refractivity contribution in [3.05, 3.63) is 29.8 Å². The third-order valence-electron chi connectivity index (χ3n) is 5.99. The predicted molar refractivity (Wildman–Crippen MR) is 94.5 cm³/mol. The second kappa shape index (κ2) is 6.36. The lowest BCUT2D eigenvalue weighted by Gasteiger charge is -2.31. The number of likely N-dealkylation sites (tertiary alicyclic amines) is 1. The molecule has 0 spiro atoms. The van der Waals surface area contributed by atoms with Crippen molar-refractivity contribution in [2.24, 2.45) is 16.7 Å². The fraction of sp³-hybridized carbons (Fsp3) is 0.600. The number of amides is 1. The van der Waals surface area contributed by atoms with Gasteiger partial charge in [-0.25, -0.2) is 0 Å². The Bertz CT molecular complexity index is 684. The number of carbonyl (C=O) groups excluding carboxylic acids is 1. The highest BCUT2D eigenvalue weighted by atomic mass is 16.5. The molecule has 25 heavy (non-hydrogen) atoms. The second-order valence-corrected chi connectivity index (χ2v) is 8.11. The van der Waals surface area contributed by atoms with Crippen LogP contribution in [0.2, 0.25) is 0 Å². The van der Waals surface area contributed by atoms with Gasteiger partial charge in [0.05, 0.1) is 12.5 Å². The van der Waals surface area contributed by atoms with Gasteiger partial charge in [0, 0.05) is 18.5 Å². The normalized spacial score (nSPS) is 25.7. The molecule has 1 aromatic carbocycles. The zero-order valence-electron chi connectivity index (χ0n) is 15.2. The summed E-state index contributed by atoms with van der Waals surface area (Å²) in [6.07, 6.45) is 3.10. The Labute approximate surface area is 149 Å². The first-order chi connectivity index (χ1) is 11.8. The van der Waals surface area contributed by atoms with E-state index in [9.17, 15) is 14.7 Å². The molecule has 0 bridgehead atoms. The number of ether oxygens (including phenoxy) is 1. The maximum absolute atomic E-state index is 13.2. The van der Waals surface area contributed by atoms with Gasteiger partial charge in [-0.15, -0.1) is 0 Å². The lowest BCUT2D eigenvalue weighted by atomic mass is 9.81. The fourth-order valence-corrected chi connectivity index (χ4v) is 4.62. The van der Waals surface area contributed by atoms with E-state index in [1.165, 1.54) is 0 Å². The summed E-state index contributed by atoms with van der Waals surface area (Å²) in [5.74, 6) is 0.168. The molecule has 5 heteroatoms. The van der Waals surface area contributed by atoms with Crippen LogP contribution >= 0.6 is 0 Å². The Morgan fingerprint density at radius 1 is 1.36 bits per heavy atom. The third-order valence-corrected chi connectivity index (χ3v) is 5.99. The molecule has 1 heterocycles. The number of carboxylic acid groups (broad SMARTS) is 1. The highest BCUT2D eigenvalue weighted by Crippen LogP contribution is 2.49. The van der Waals surface area contributed by atoms with Gasteiger partial charge in [0.25, 0.3) is 0 Å². The molecule has 1 amide bonds. The van der Waals surface area contributed by atoms with Gasteiger partial charge in [0.2, 0.25) is 5.91 Å². The minimum Gasteiger partial charge on any atom is -0.496 e. The van der Waals surface area contributed by atoms with Crippen LogP contribution in [0.5, 0.6) is 5.75 Å². The molecule has 136 valence electrons. The molecule has 1 aliphatic carbocycles. The predicted octanol–water partition coefficient (Wildman–Crippen LogP) is 2.98. The summed E-state index contributed by atoms with van der Waals surface area (Å²) in [6, 6.07) is 7.73. The number of benzene rings is 1. The largest absolute Gasteiger partial charge is 0.496 e. The van der Waals surface area contributed by atoms with Crippen molar-refractivity contribution >= 4 is 11.9 Å². The van der Waals surface area contributed by atoms with E-state index in [0.717, 1.165) is 24.2 Å². The van der Waals surface area contributed by atoms with E-state index in [4.69, 9.17) is 4.74 Å². The van der Waals surface area contributed by atoms with Crippen molar-refractivity contribution in [3.63, 3.8) is 0 Å². The van der Waals surface area contributed by atoms with E-state index in [2.05, 4.69) is 0 Å². The van der Waals surface area contributed by atoms with Crippen molar-refractivity contribution in [2.45, 2.75) is 39.5 Å². The van der Waals surface area contributed by atoms with Crippen LogP contribution in [0.3, 0.4) is 0 Å². The van der Waals surface area contributed by atoms with Crippen LogP contribution in [0, 0.1) is 16.7 Å². The van der Waals surface area contributed by atoms with Crippen LogP contribution in [0.4, 0.5) is 0 Å². The molecule has 5 nitrogen and oxygen atoms in total. The Morgan fingerprint density at radius 3 is 2.72 bits per heavy atom. The van der Waals surface area contributed by atoms with Crippen molar-refractivity contribution in [3.8, 4) is 5.75 Å². The van der Waals surface area contributed by atoms with E-state index < -0.39 is 16.8 Å². The number of hydrogen-bond acceptors (Lipinski definition) is 3. The lowest BCUT2D eigenvalue weighted by Crippen LogP contribution is -2.43. The smallest absolute Gasteiger partial charge is 0.311 e. The minimum absolute atomic E-state index is 0.0356. The zero-order valence-corrected chi connectivity index (χ0v) is 15.2. The molecule has 1 saturated carbocycles. The van der Waals surface area contributed by atoms with Gasteiger partial charge in [0.1, 0.15) is 5.75 Å². The van der Waals surface area contributed by atoms with Crippen molar-refractivity contribution in [2.75, 3.05) is 20.2 Å². The SMILES string of the molecule is COc1ccccc1CC(C)(C)C(=O)N1C[C@@H]2CCC[C@@]2(C(=O)O)C1. The molecule has 1 aliphatic heterocycles. The minimum atomic E-state index is -0.743. The van der Waals surface area contributed by atoms with Gasteiger partial charge < -0.3 is 14.7 Å². The van der Waals surface area contributed by atoms with Crippen LogP contribution in [0.15, 0.2) is 24.3 Å². The first kappa shape index (κ1) is 17.8. The van der Waals surface area contributed by atoms with Crippen LogP contribution in [-0.4, -0.2) is 42.1 Å². The molecule has 2 fully saturated rings. The molecule has 2 atom stereocenters. The monoisotopic (exact) mass is 345 g/mol. The topological polar surface area (TPSA) is 66.8 Å². The summed E-state index contributed by atoms with van der Waals surface area (Å²) in [7, 11) is 1.63. The summed E-state index contributed by atoms with van der Waals surface area (Å²) in [5.41, 5.74) is -0.334. The second-order valence-electron chi connectivity index (χ2n) is 8.11. The van der Waals surface area contributed by atoms with Crippen LogP contribution < -0.4 is 4.74 Å². The van der Waals surface area contributed by atoms with Gasteiger partial charge in [0.15, 0.2) is 0 Å². The van der Waals surface area contributed by atoms with E-state index in [1.54, 1.807) is 12.0 Å². The molecule has 2 aliphatic rings. The summed E-state index contributed by atoms with van der Waals surface area (Å²) in [5, 5.41) is 9.73. The Balaban J connectivity index is 1.77. The zero-order chi connectivity index (χ0) is 18.2. The van der Waals surface area contributed by atoms with E-state index in [1.807, 2.05) is 38.1 Å². The molecule has 0 aromatic heterocycles. The number of para-hydroxylation sites is 1. The van der Waals surface area contributed by atoms with E-state index >= 15 is 0 Å². The average molecular weight is 345 g/mol. The van der Waals surface area contributed by atoms with Crippen LogP contribution in [0.25, 0.3) is 0 Å². The average Bonchev–Trinajstić information content (AvgIpc) is 3.12. The van der Waals surface area contributed by atoms with Gasteiger partial charge in [-0.05, 0) is 36.8 Å². The van der Waals surface area contributed by atoms with Gasteiger partial charge in [-0.3, -0.25) is 9.59 Å². The molecule has 1 N–H and O–H groups in total. The van der Waals surface area contributed by atoms with E-state index in [-0.39, 0.29) is 11.8 Å². The Hall–Kier alpha value is -2.04. The highest BCUT2D eigenvalue weighted by Gasteiger charge is 2.56. The lowest BCUT2D eigenvalue weighted by molar-refractivity contribution is -0.150. The van der Waals surface area contributed by atoms with Crippen molar-refractivity contribution in [1.29, 1.82) is 0 Å². The van der Waals surface area contributed by atoms with Crippen molar-refractivity contribution < 1.29 is 19.4 Å². The Morgan fingerprint density at radius 2 is 2.08 bits per heavy atom. The van der Waals surface area contributed by atoms with Gasteiger partial charge in [-0.2, -0.15) is 0 Å². The van der Waals surface area contributed by atoms with Crippen LogP contribution in [0.1, 0.15) is 38.7 Å². The fourth-order valence-electron chi connectivity index (χ4n) is 4.62. The number of hydrogen-bond donors (Lipinski definition) is 1. The third kappa shape index (κ3) is 3.00. The molecular formula is C20H27NO4. The maximum Gasteiger partial charge on any atom is 0.311 e. The van der Waals surface area contributed by atoms with Gasteiger partial charge in [-0.1, -0.05) is 38.5 Å². The highest BCUT2D eigenvalue weighted by molar-refractivity contribution is 5.85.